The van der Waals surface area contributed by atoms with Crippen molar-refractivity contribution in [3.8, 4) is 5.75 Å². The number of nitrogens with two attached hydrogens (primary N) is 1. The molecule has 0 unspecified atom stereocenters. The molecule has 1 amide bonds. The second kappa shape index (κ2) is 5.63. The van der Waals surface area contributed by atoms with Crippen molar-refractivity contribution >= 4 is 22.8 Å². The quantitative estimate of drug-likeness (QED) is 0.563. The van der Waals surface area contributed by atoms with Crippen LogP contribution in [0.1, 0.15) is 10.4 Å². The Balaban J connectivity index is 2.27. The van der Waals surface area contributed by atoms with E-state index in [1.165, 1.54) is 24.3 Å². The first kappa shape index (κ1) is 14.5. The lowest BCUT2D eigenvalue weighted by molar-refractivity contribution is -0.138. The van der Waals surface area contributed by atoms with Gasteiger partial charge in [0.2, 0.25) is 0 Å². The van der Waals surface area contributed by atoms with Gasteiger partial charge >= 0.3 is 11.6 Å². The van der Waals surface area contributed by atoms with Crippen LogP contribution in [-0.2, 0) is 4.79 Å². The number of aromatic hydroxyl groups is 1. The average molecular weight is 292 g/mol. The molecule has 8 nitrogen and oxygen atoms in total. The largest absolute Gasteiger partial charge is 0.508 e. The molecular formula is C13H12N2O6. The number of phenolic OH excluding ortho intramolecular Hbond substituents is 1. The second-order valence-corrected chi connectivity index (χ2v) is 4.32. The number of fused-ring (bicyclic) bond motifs is 1. The summed E-state index contributed by atoms with van der Waals surface area (Å²) in [6, 6.07) is 4.14. The minimum atomic E-state index is -1.27. The van der Waals surface area contributed by atoms with Crippen molar-refractivity contribution in [1.82, 2.24) is 5.32 Å². The van der Waals surface area contributed by atoms with Crippen molar-refractivity contribution < 1.29 is 24.2 Å². The maximum absolute atomic E-state index is 11.8. The predicted octanol–water partition coefficient (Wildman–Crippen LogP) is -0.360. The number of carboxylic acids is 1. The fraction of sp³-hybridized carbons (Fsp3) is 0.154. The van der Waals surface area contributed by atoms with E-state index in [4.69, 9.17) is 15.3 Å². The highest BCUT2D eigenvalue weighted by atomic mass is 16.4. The molecule has 0 aliphatic heterocycles. The standard InChI is InChI=1S/C13H12N2O6/c14-9(12(18)19)5-15-11(17)8-3-6-1-2-7(16)4-10(6)21-13(8)20/h1-4,9,16H,5,14H2,(H,15,17)(H,18,19)/t9-/m1/s1. The van der Waals surface area contributed by atoms with Gasteiger partial charge < -0.3 is 25.7 Å². The van der Waals surface area contributed by atoms with Crippen molar-refractivity contribution in [2.24, 2.45) is 5.73 Å². The van der Waals surface area contributed by atoms with Crippen LogP contribution in [0.2, 0.25) is 0 Å². The van der Waals surface area contributed by atoms with Crippen LogP contribution in [-0.4, -0.2) is 34.7 Å². The molecule has 0 fully saturated rings. The van der Waals surface area contributed by atoms with Gasteiger partial charge in [-0.25, -0.2) is 4.79 Å². The van der Waals surface area contributed by atoms with Gasteiger partial charge in [0.25, 0.3) is 5.91 Å². The highest BCUT2D eigenvalue weighted by Gasteiger charge is 2.17. The van der Waals surface area contributed by atoms with Crippen molar-refractivity contribution in [2.75, 3.05) is 6.54 Å². The van der Waals surface area contributed by atoms with E-state index in [1.54, 1.807) is 0 Å². The minimum Gasteiger partial charge on any atom is -0.508 e. The highest BCUT2D eigenvalue weighted by Crippen LogP contribution is 2.19. The Morgan fingerprint density at radius 2 is 2.05 bits per heavy atom. The van der Waals surface area contributed by atoms with Gasteiger partial charge in [-0.05, 0) is 18.2 Å². The maximum atomic E-state index is 11.8. The number of rotatable bonds is 4. The molecule has 0 aliphatic carbocycles. The van der Waals surface area contributed by atoms with E-state index in [0.717, 1.165) is 0 Å². The van der Waals surface area contributed by atoms with Crippen LogP contribution in [0.4, 0.5) is 0 Å². The van der Waals surface area contributed by atoms with Crippen LogP contribution < -0.4 is 16.7 Å². The number of nitrogens with one attached hydrogen (secondary N) is 1. The van der Waals surface area contributed by atoms with E-state index in [9.17, 15) is 19.5 Å². The van der Waals surface area contributed by atoms with E-state index in [0.29, 0.717) is 5.39 Å². The zero-order valence-electron chi connectivity index (χ0n) is 10.7. The Kier molecular flexibility index (Phi) is 3.90. The third-order valence-corrected chi connectivity index (χ3v) is 2.76. The van der Waals surface area contributed by atoms with Crippen molar-refractivity contribution in [3.05, 3.63) is 40.2 Å². The number of carbonyl (C=O) groups is 2. The lowest BCUT2D eigenvalue weighted by Gasteiger charge is -2.08. The minimum absolute atomic E-state index is 0.0738. The van der Waals surface area contributed by atoms with E-state index < -0.39 is 23.5 Å². The van der Waals surface area contributed by atoms with Gasteiger partial charge in [-0.2, -0.15) is 0 Å². The summed E-state index contributed by atoms with van der Waals surface area (Å²) in [5.41, 5.74) is 4.22. The molecular weight excluding hydrogens is 280 g/mol. The molecule has 1 aromatic carbocycles. The zero-order valence-corrected chi connectivity index (χ0v) is 10.7. The fourth-order valence-electron chi connectivity index (χ4n) is 1.64. The van der Waals surface area contributed by atoms with Crippen molar-refractivity contribution in [3.63, 3.8) is 0 Å². The summed E-state index contributed by atoms with van der Waals surface area (Å²) >= 11 is 0. The summed E-state index contributed by atoms with van der Waals surface area (Å²) in [5, 5.41) is 20.6. The first-order chi connectivity index (χ1) is 9.88. The smallest absolute Gasteiger partial charge is 0.349 e. The summed E-state index contributed by atoms with van der Waals surface area (Å²) in [6.45, 7) is -0.318. The normalized spacial score (nSPS) is 12.0. The molecule has 8 heteroatoms. The Labute approximate surface area is 117 Å². The van der Waals surface area contributed by atoms with Crippen LogP contribution in [0.15, 0.2) is 33.5 Å². The molecule has 0 aliphatic rings. The van der Waals surface area contributed by atoms with Gasteiger partial charge in [-0.1, -0.05) is 0 Å². The average Bonchev–Trinajstić information content (AvgIpc) is 2.43. The van der Waals surface area contributed by atoms with E-state index >= 15 is 0 Å². The van der Waals surface area contributed by atoms with Crippen molar-refractivity contribution in [2.45, 2.75) is 6.04 Å². The molecule has 0 saturated heterocycles. The Bertz CT molecular complexity index is 767. The Hall–Kier alpha value is -2.87. The summed E-state index contributed by atoms with van der Waals surface area (Å²) in [7, 11) is 0. The van der Waals surface area contributed by atoms with Crippen LogP contribution in [0.25, 0.3) is 11.0 Å². The number of hydrogen-bond donors (Lipinski definition) is 4. The molecule has 110 valence electrons. The molecule has 1 atom stereocenters. The molecule has 1 heterocycles. The molecule has 2 aromatic rings. The fourth-order valence-corrected chi connectivity index (χ4v) is 1.64. The molecule has 0 spiro atoms. The zero-order chi connectivity index (χ0) is 15.6. The lowest BCUT2D eigenvalue weighted by Crippen LogP contribution is -2.43. The van der Waals surface area contributed by atoms with E-state index in [2.05, 4.69) is 5.32 Å². The number of hydrogen-bond acceptors (Lipinski definition) is 6. The third-order valence-electron chi connectivity index (χ3n) is 2.76. The molecule has 21 heavy (non-hydrogen) atoms. The van der Waals surface area contributed by atoms with Gasteiger partial charge in [0.1, 0.15) is 22.9 Å². The SMILES string of the molecule is N[C@H](CNC(=O)c1cc2ccc(O)cc2oc1=O)C(=O)O. The third kappa shape index (κ3) is 3.18. The molecule has 0 saturated carbocycles. The summed E-state index contributed by atoms with van der Waals surface area (Å²) in [4.78, 5) is 34.1. The summed E-state index contributed by atoms with van der Waals surface area (Å²) in [6.07, 6.45) is 0. The van der Waals surface area contributed by atoms with E-state index in [-0.39, 0.29) is 23.4 Å². The maximum Gasteiger partial charge on any atom is 0.349 e. The van der Waals surface area contributed by atoms with Crippen LogP contribution in [0.5, 0.6) is 5.75 Å². The molecule has 0 radical (unpaired) electrons. The number of amides is 1. The van der Waals surface area contributed by atoms with Crippen LogP contribution in [0, 0.1) is 0 Å². The van der Waals surface area contributed by atoms with Gasteiger partial charge in [0, 0.05) is 18.0 Å². The molecule has 1 aromatic heterocycles. The highest BCUT2D eigenvalue weighted by molar-refractivity contribution is 5.97. The topological polar surface area (TPSA) is 143 Å². The van der Waals surface area contributed by atoms with E-state index in [1.807, 2.05) is 0 Å². The lowest BCUT2D eigenvalue weighted by atomic mass is 10.1. The second-order valence-electron chi connectivity index (χ2n) is 4.32. The Morgan fingerprint density at radius 1 is 1.33 bits per heavy atom. The predicted molar refractivity (Wildman–Crippen MR) is 72.1 cm³/mol. The number of aliphatic carboxylic acids is 1. The first-order valence-electron chi connectivity index (χ1n) is 5.92. The van der Waals surface area contributed by atoms with Crippen LogP contribution >= 0.6 is 0 Å². The molecule has 5 N–H and O–H groups in total. The van der Waals surface area contributed by atoms with Crippen LogP contribution in [0.3, 0.4) is 0 Å². The molecule has 0 bridgehead atoms. The van der Waals surface area contributed by atoms with Gasteiger partial charge in [0.15, 0.2) is 0 Å². The van der Waals surface area contributed by atoms with Gasteiger partial charge in [-0.15, -0.1) is 0 Å². The number of carboxylic acid groups (broad SMARTS) is 1. The first-order valence-corrected chi connectivity index (χ1v) is 5.92. The monoisotopic (exact) mass is 292 g/mol. The van der Waals surface area contributed by atoms with Gasteiger partial charge in [0.05, 0.1) is 0 Å². The van der Waals surface area contributed by atoms with Crippen molar-refractivity contribution in [1.29, 1.82) is 0 Å². The summed E-state index contributed by atoms with van der Waals surface area (Å²) in [5.74, 6) is -2.12. The molecule has 2 rings (SSSR count). The Morgan fingerprint density at radius 3 is 2.71 bits per heavy atom. The summed E-state index contributed by atoms with van der Waals surface area (Å²) < 4.78 is 4.93. The number of carbonyl (C=O) groups excluding carboxylic acids is 1. The van der Waals surface area contributed by atoms with Gasteiger partial charge in [-0.3, -0.25) is 9.59 Å². The number of benzene rings is 1. The number of phenols is 1.